The van der Waals surface area contributed by atoms with Crippen LogP contribution in [0.15, 0.2) is 12.2 Å². The molecule has 2 amide bonds. The van der Waals surface area contributed by atoms with Crippen molar-refractivity contribution in [3.63, 3.8) is 0 Å². The molecule has 3 N–H and O–H groups in total. The molecular weight excluding hydrogens is 348 g/mol. The predicted molar refractivity (Wildman–Crippen MR) is 120 cm³/mol. The smallest absolute Gasteiger partial charge is 0.234 e. The van der Waals surface area contributed by atoms with Crippen LogP contribution in [-0.2, 0) is 9.59 Å². The van der Waals surface area contributed by atoms with E-state index in [2.05, 4.69) is 18.8 Å². The average molecular weight is 395 g/mol. The van der Waals surface area contributed by atoms with Crippen LogP contribution < -0.4 is 11.1 Å². The van der Waals surface area contributed by atoms with Gasteiger partial charge in [-0.3, -0.25) is 14.9 Å². The summed E-state index contributed by atoms with van der Waals surface area (Å²) < 4.78 is 0. The maximum Gasteiger partial charge on any atom is 0.234 e. The zero-order valence-electron chi connectivity index (χ0n) is 18.7. The summed E-state index contributed by atoms with van der Waals surface area (Å²) >= 11 is 0. The van der Waals surface area contributed by atoms with Crippen molar-refractivity contribution in [2.45, 2.75) is 117 Å². The molecule has 4 nitrogen and oxygen atoms in total. The molecule has 1 fully saturated rings. The highest BCUT2D eigenvalue weighted by molar-refractivity contribution is 6.04. The molecule has 1 aliphatic rings. The molecule has 1 atom stereocenters. The summed E-state index contributed by atoms with van der Waals surface area (Å²) in [5.41, 5.74) is 5.78. The van der Waals surface area contributed by atoms with E-state index in [1.54, 1.807) is 0 Å². The Morgan fingerprint density at radius 3 is 1.61 bits per heavy atom. The molecule has 164 valence electrons. The lowest BCUT2D eigenvalue weighted by atomic mass is 9.94. The Labute approximate surface area is 174 Å². The van der Waals surface area contributed by atoms with E-state index < -0.39 is 0 Å². The number of hydrogen-bond acceptors (Lipinski definition) is 3. The van der Waals surface area contributed by atoms with Crippen LogP contribution in [0.4, 0.5) is 0 Å². The molecular formula is C24H46N2O2. The number of nitrogens with one attached hydrogen (secondary N) is 1. The zero-order chi connectivity index (χ0) is 21.0. The number of hydrogen-bond donors (Lipinski definition) is 2. The first-order chi connectivity index (χ1) is 13.6. The first-order valence-corrected chi connectivity index (χ1v) is 11.8. The molecule has 1 rings (SSSR count). The van der Waals surface area contributed by atoms with Crippen LogP contribution in [0.1, 0.15) is 117 Å². The van der Waals surface area contributed by atoms with Crippen molar-refractivity contribution in [3.8, 4) is 0 Å². The molecule has 0 aromatic rings. The zero-order valence-corrected chi connectivity index (χ0v) is 18.7. The van der Waals surface area contributed by atoms with Crippen molar-refractivity contribution in [1.82, 2.24) is 5.32 Å². The molecule has 0 aromatic heterocycles. The van der Waals surface area contributed by atoms with Gasteiger partial charge in [0.1, 0.15) is 0 Å². The molecule has 28 heavy (non-hydrogen) atoms. The van der Waals surface area contributed by atoms with Crippen LogP contribution in [0.3, 0.4) is 0 Å². The quantitative estimate of drug-likeness (QED) is 0.190. The first kappa shape index (κ1) is 26.8. The van der Waals surface area contributed by atoms with Crippen molar-refractivity contribution >= 4 is 11.8 Å². The molecule has 0 spiro atoms. The molecule has 0 aromatic carbocycles. The number of nitrogens with two attached hydrogens (primary N) is 1. The van der Waals surface area contributed by atoms with Crippen LogP contribution in [0.5, 0.6) is 0 Å². The standard InChI is InChI=1S/C22H39NO2.C2H7N/c1-3-4-5-6-7-8-9-10-11-12-13-14-15-16-17-19(2)20-18-21(24)23-22(20)25;1-2-3/h20H,2-18H2,1H3,(H,23,24,25);2-3H2,1H3. The second-order valence-corrected chi connectivity index (χ2v) is 8.08. The summed E-state index contributed by atoms with van der Waals surface area (Å²) in [5.74, 6) is -0.577. The number of amides is 2. The predicted octanol–water partition coefficient (Wildman–Crippen LogP) is 6.04. The van der Waals surface area contributed by atoms with Crippen molar-refractivity contribution in [3.05, 3.63) is 12.2 Å². The third kappa shape index (κ3) is 14.8. The molecule has 1 aliphatic heterocycles. The highest BCUT2D eigenvalue weighted by Crippen LogP contribution is 2.24. The summed E-state index contributed by atoms with van der Waals surface area (Å²) in [6.45, 7) is 8.93. The van der Waals surface area contributed by atoms with E-state index in [4.69, 9.17) is 5.73 Å². The minimum absolute atomic E-state index is 0.152. The Bertz CT molecular complexity index is 421. The summed E-state index contributed by atoms with van der Waals surface area (Å²) in [6.07, 6.45) is 20.1. The Morgan fingerprint density at radius 1 is 0.857 bits per heavy atom. The van der Waals surface area contributed by atoms with Crippen LogP contribution in [0, 0.1) is 5.92 Å². The van der Waals surface area contributed by atoms with E-state index in [1.165, 1.54) is 83.5 Å². The maximum atomic E-state index is 11.6. The van der Waals surface area contributed by atoms with Crippen molar-refractivity contribution in [1.29, 1.82) is 0 Å². The fourth-order valence-corrected chi connectivity index (χ4v) is 3.60. The minimum Gasteiger partial charge on any atom is -0.331 e. The Kier molecular flexibility index (Phi) is 18.4. The Balaban J connectivity index is 0.00000227. The second kappa shape index (κ2) is 19.2. The number of carbonyl (C=O) groups excluding carboxylic acids is 2. The average Bonchev–Trinajstić information content (AvgIpc) is 3.00. The van der Waals surface area contributed by atoms with Gasteiger partial charge in [-0.15, -0.1) is 0 Å². The van der Waals surface area contributed by atoms with Crippen molar-refractivity contribution in [2.75, 3.05) is 6.54 Å². The third-order valence-corrected chi connectivity index (χ3v) is 5.31. The minimum atomic E-state index is -0.269. The van der Waals surface area contributed by atoms with Gasteiger partial charge in [-0.25, -0.2) is 0 Å². The van der Waals surface area contributed by atoms with Crippen molar-refractivity contribution < 1.29 is 9.59 Å². The van der Waals surface area contributed by atoms with Gasteiger partial charge in [-0.1, -0.05) is 109 Å². The third-order valence-electron chi connectivity index (χ3n) is 5.31. The van der Waals surface area contributed by atoms with Crippen LogP contribution in [0.2, 0.25) is 0 Å². The molecule has 1 saturated heterocycles. The van der Waals surface area contributed by atoms with Gasteiger partial charge in [-0.2, -0.15) is 0 Å². The molecule has 4 heteroatoms. The van der Waals surface area contributed by atoms with Gasteiger partial charge in [0.25, 0.3) is 0 Å². The number of unbranched alkanes of at least 4 members (excludes halogenated alkanes) is 13. The van der Waals surface area contributed by atoms with Gasteiger partial charge in [0.05, 0.1) is 5.92 Å². The second-order valence-electron chi connectivity index (χ2n) is 8.08. The van der Waals surface area contributed by atoms with Crippen molar-refractivity contribution in [2.24, 2.45) is 11.7 Å². The Morgan fingerprint density at radius 2 is 1.25 bits per heavy atom. The van der Waals surface area contributed by atoms with E-state index in [1.807, 2.05) is 6.92 Å². The molecule has 0 radical (unpaired) electrons. The van der Waals surface area contributed by atoms with Crippen LogP contribution in [0.25, 0.3) is 0 Å². The van der Waals surface area contributed by atoms with Gasteiger partial charge in [0, 0.05) is 6.42 Å². The van der Waals surface area contributed by atoms with Gasteiger partial charge < -0.3 is 5.73 Å². The van der Waals surface area contributed by atoms with Gasteiger partial charge >= 0.3 is 0 Å². The van der Waals surface area contributed by atoms with Crippen LogP contribution in [-0.4, -0.2) is 18.4 Å². The highest BCUT2D eigenvalue weighted by atomic mass is 16.2. The maximum absolute atomic E-state index is 11.6. The summed E-state index contributed by atoms with van der Waals surface area (Å²) in [5, 5.41) is 2.36. The summed E-state index contributed by atoms with van der Waals surface area (Å²) in [7, 11) is 0. The topological polar surface area (TPSA) is 72.2 Å². The highest BCUT2D eigenvalue weighted by Gasteiger charge is 2.31. The van der Waals surface area contributed by atoms with Gasteiger partial charge in [0.2, 0.25) is 11.8 Å². The molecule has 0 bridgehead atoms. The summed E-state index contributed by atoms with van der Waals surface area (Å²) in [6, 6.07) is 0. The first-order valence-electron chi connectivity index (χ1n) is 11.8. The largest absolute Gasteiger partial charge is 0.331 e. The Hall–Kier alpha value is -1.16. The van der Waals surface area contributed by atoms with Gasteiger partial charge in [-0.05, 0) is 19.4 Å². The fourth-order valence-electron chi connectivity index (χ4n) is 3.60. The SMILES string of the molecule is C=C(CCCCCCCCCCCCCCCC)C1CC(=O)NC1=O.CCN. The lowest BCUT2D eigenvalue weighted by molar-refractivity contribution is -0.125. The molecule has 1 heterocycles. The number of imide groups is 1. The van der Waals surface area contributed by atoms with E-state index in [0.717, 1.165) is 25.0 Å². The number of carbonyl (C=O) groups is 2. The van der Waals surface area contributed by atoms with Gasteiger partial charge in [0.15, 0.2) is 0 Å². The summed E-state index contributed by atoms with van der Waals surface area (Å²) in [4.78, 5) is 22.8. The normalized spacial score (nSPS) is 15.9. The lowest BCUT2D eigenvalue weighted by Crippen LogP contribution is -2.22. The van der Waals surface area contributed by atoms with E-state index in [-0.39, 0.29) is 17.7 Å². The monoisotopic (exact) mass is 394 g/mol. The van der Waals surface area contributed by atoms with E-state index in [0.29, 0.717) is 6.42 Å². The van der Waals surface area contributed by atoms with Crippen LogP contribution >= 0.6 is 0 Å². The van der Waals surface area contributed by atoms with E-state index >= 15 is 0 Å². The fraction of sp³-hybridized carbons (Fsp3) is 0.833. The number of rotatable bonds is 16. The lowest BCUT2D eigenvalue weighted by Gasteiger charge is -2.09. The van der Waals surface area contributed by atoms with E-state index in [9.17, 15) is 9.59 Å². The molecule has 0 aliphatic carbocycles. The molecule has 0 saturated carbocycles. The molecule has 1 unspecified atom stereocenters.